The van der Waals surface area contributed by atoms with Crippen molar-refractivity contribution in [3.05, 3.63) is 33.8 Å². The highest BCUT2D eigenvalue weighted by Gasteiger charge is 2.26. The van der Waals surface area contributed by atoms with Gasteiger partial charge in [0.15, 0.2) is 0 Å². The Morgan fingerprint density at radius 2 is 2.38 bits per heavy atom. The lowest BCUT2D eigenvalue weighted by Crippen LogP contribution is -2.40. The number of thiazole rings is 1. The molecular formula is C15H20N4OS. The Kier molecular flexibility index (Phi) is 4.05. The van der Waals surface area contributed by atoms with Crippen LogP contribution in [0, 0.1) is 13.8 Å². The van der Waals surface area contributed by atoms with Crippen molar-refractivity contribution in [1.82, 2.24) is 19.9 Å². The fourth-order valence-electron chi connectivity index (χ4n) is 2.82. The van der Waals surface area contributed by atoms with Crippen LogP contribution < -0.4 is 0 Å². The van der Waals surface area contributed by atoms with E-state index >= 15 is 0 Å². The van der Waals surface area contributed by atoms with Crippen molar-refractivity contribution in [3.8, 4) is 0 Å². The molecule has 0 aliphatic carbocycles. The van der Waals surface area contributed by atoms with Gasteiger partial charge in [0, 0.05) is 36.3 Å². The van der Waals surface area contributed by atoms with Crippen molar-refractivity contribution in [1.29, 1.82) is 0 Å². The molecule has 21 heavy (non-hydrogen) atoms. The van der Waals surface area contributed by atoms with Crippen LogP contribution in [0.5, 0.6) is 0 Å². The fraction of sp³-hybridized carbons (Fsp3) is 0.533. The van der Waals surface area contributed by atoms with E-state index in [2.05, 4.69) is 15.0 Å². The highest BCUT2D eigenvalue weighted by molar-refractivity contribution is 7.09. The second-order valence-corrected chi connectivity index (χ2v) is 6.73. The summed E-state index contributed by atoms with van der Waals surface area (Å²) in [4.78, 5) is 26.5. The molecule has 1 aliphatic heterocycles. The lowest BCUT2D eigenvalue weighted by atomic mass is 9.97. The number of aromatic amines is 1. The molecule has 5 nitrogen and oxygen atoms in total. The van der Waals surface area contributed by atoms with Gasteiger partial charge in [-0.15, -0.1) is 11.3 Å². The molecule has 112 valence electrons. The van der Waals surface area contributed by atoms with Gasteiger partial charge in [0.2, 0.25) is 5.91 Å². The van der Waals surface area contributed by atoms with Gasteiger partial charge in [-0.05, 0) is 26.7 Å². The van der Waals surface area contributed by atoms with E-state index < -0.39 is 0 Å². The minimum Gasteiger partial charge on any atom is -0.346 e. The average molecular weight is 304 g/mol. The number of rotatable bonds is 3. The van der Waals surface area contributed by atoms with Crippen LogP contribution in [0.15, 0.2) is 11.6 Å². The fourth-order valence-corrected chi connectivity index (χ4v) is 3.44. The predicted molar refractivity (Wildman–Crippen MR) is 82.4 cm³/mol. The highest BCUT2D eigenvalue weighted by Crippen LogP contribution is 2.25. The van der Waals surface area contributed by atoms with Gasteiger partial charge < -0.3 is 9.88 Å². The molecule has 6 heteroatoms. The first-order valence-electron chi connectivity index (χ1n) is 7.32. The Morgan fingerprint density at radius 3 is 3.05 bits per heavy atom. The maximum absolute atomic E-state index is 12.4. The van der Waals surface area contributed by atoms with Crippen molar-refractivity contribution in [2.24, 2.45) is 0 Å². The Labute approximate surface area is 128 Å². The number of nitrogens with zero attached hydrogens (tertiary/aromatic N) is 3. The first-order chi connectivity index (χ1) is 10.1. The van der Waals surface area contributed by atoms with Crippen LogP contribution >= 0.6 is 11.3 Å². The lowest BCUT2D eigenvalue weighted by Gasteiger charge is -2.31. The molecule has 0 aromatic carbocycles. The zero-order chi connectivity index (χ0) is 14.8. The number of piperidine rings is 1. The SMILES string of the molecule is Cc1cnc([C@H]2CCCN(C(=O)Cc3csc(C)n3)C2)[nH]1. The van der Waals surface area contributed by atoms with Crippen LogP contribution in [0.1, 0.15) is 41.0 Å². The van der Waals surface area contributed by atoms with E-state index in [0.29, 0.717) is 12.3 Å². The molecule has 3 rings (SSSR count). The summed E-state index contributed by atoms with van der Waals surface area (Å²) in [6.45, 7) is 5.58. The van der Waals surface area contributed by atoms with Gasteiger partial charge in [-0.2, -0.15) is 0 Å². The third kappa shape index (κ3) is 3.32. The zero-order valence-corrected chi connectivity index (χ0v) is 13.2. The highest BCUT2D eigenvalue weighted by atomic mass is 32.1. The number of carbonyl (C=O) groups excluding carboxylic acids is 1. The summed E-state index contributed by atoms with van der Waals surface area (Å²) in [6, 6.07) is 0. The third-order valence-corrected chi connectivity index (χ3v) is 4.70. The van der Waals surface area contributed by atoms with Crippen molar-refractivity contribution in [2.45, 2.75) is 39.0 Å². The smallest absolute Gasteiger partial charge is 0.228 e. The summed E-state index contributed by atoms with van der Waals surface area (Å²) in [5.41, 5.74) is 1.96. The van der Waals surface area contributed by atoms with Gasteiger partial charge in [-0.25, -0.2) is 9.97 Å². The van der Waals surface area contributed by atoms with Crippen molar-refractivity contribution in [3.63, 3.8) is 0 Å². The zero-order valence-electron chi connectivity index (χ0n) is 12.4. The van der Waals surface area contributed by atoms with Crippen LogP contribution in [-0.4, -0.2) is 38.8 Å². The largest absolute Gasteiger partial charge is 0.346 e. The minimum atomic E-state index is 0.174. The number of aromatic nitrogens is 3. The summed E-state index contributed by atoms with van der Waals surface area (Å²) in [7, 11) is 0. The molecule has 1 amide bonds. The van der Waals surface area contributed by atoms with Gasteiger partial charge in [0.1, 0.15) is 5.82 Å². The van der Waals surface area contributed by atoms with Gasteiger partial charge in [0.25, 0.3) is 0 Å². The van der Waals surface area contributed by atoms with Crippen LogP contribution in [0.4, 0.5) is 0 Å². The number of amides is 1. The summed E-state index contributed by atoms with van der Waals surface area (Å²) >= 11 is 1.60. The van der Waals surface area contributed by atoms with E-state index in [1.54, 1.807) is 11.3 Å². The molecular weight excluding hydrogens is 284 g/mol. The molecule has 1 fully saturated rings. The molecule has 1 aliphatic rings. The molecule has 0 saturated carbocycles. The molecule has 2 aromatic heterocycles. The van der Waals surface area contributed by atoms with E-state index in [0.717, 1.165) is 48.2 Å². The second-order valence-electron chi connectivity index (χ2n) is 5.66. The topological polar surface area (TPSA) is 61.9 Å². The van der Waals surface area contributed by atoms with Gasteiger partial charge >= 0.3 is 0 Å². The number of aryl methyl sites for hydroxylation is 2. The number of carbonyl (C=O) groups is 1. The number of likely N-dealkylation sites (tertiary alicyclic amines) is 1. The number of hydrogen-bond acceptors (Lipinski definition) is 4. The molecule has 1 saturated heterocycles. The van der Waals surface area contributed by atoms with Crippen LogP contribution in [-0.2, 0) is 11.2 Å². The molecule has 0 radical (unpaired) electrons. The first-order valence-corrected chi connectivity index (χ1v) is 8.20. The molecule has 0 bridgehead atoms. The number of nitrogens with one attached hydrogen (secondary N) is 1. The Balaban J connectivity index is 1.64. The number of H-pyrrole nitrogens is 1. The van der Waals surface area contributed by atoms with Gasteiger partial charge in [-0.3, -0.25) is 4.79 Å². The summed E-state index contributed by atoms with van der Waals surface area (Å²) < 4.78 is 0. The van der Waals surface area contributed by atoms with E-state index in [1.165, 1.54) is 0 Å². The summed E-state index contributed by atoms with van der Waals surface area (Å²) in [5.74, 6) is 1.51. The molecule has 1 N–H and O–H groups in total. The normalized spacial score (nSPS) is 19.0. The third-order valence-electron chi connectivity index (χ3n) is 3.88. The monoisotopic (exact) mass is 304 g/mol. The molecule has 3 heterocycles. The molecule has 2 aromatic rings. The van der Waals surface area contributed by atoms with E-state index in [1.807, 2.05) is 30.3 Å². The van der Waals surface area contributed by atoms with E-state index in [-0.39, 0.29) is 5.91 Å². The summed E-state index contributed by atoms with van der Waals surface area (Å²) in [5, 5.41) is 2.99. The second kappa shape index (κ2) is 5.97. The first kappa shape index (κ1) is 14.3. The van der Waals surface area contributed by atoms with Crippen molar-refractivity contribution < 1.29 is 4.79 Å². The average Bonchev–Trinajstić information content (AvgIpc) is 3.08. The molecule has 1 atom stereocenters. The van der Waals surface area contributed by atoms with E-state index in [4.69, 9.17) is 0 Å². The molecule has 0 unspecified atom stereocenters. The Morgan fingerprint density at radius 1 is 1.52 bits per heavy atom. The van der Waals surface area contributed by atoms with Gasteiger partial charge in [0.05, 0.1) is 17.1 Å². The van der Waals surface area contributed by atoms with Crippen molar-refractivity contribution >= 4 is 17.2 Å². The Hall–Kier alpha value is -1.69. The maximum atomic E-state index is 12.4. The predicted octanol–water partition coefficient (Wildman–Crippen LogP) is 2.43. The Bertz CT molecular complexity index is 633. The van der Waals surface area contributed by atoms with E-state index in [9.17, 15) is 4.79 Å². The minimum absolute atomic E-state index is 0.174. The van der Waals surface area contributed by atoms with Crippen LogP contribution in [0.3, 0.4) is 0 Å². The van der Waals surface area contributed by atoms with Crippen molar-refractivity contribution in [2.75, 3.05) is 13.1 Å². The standard InChI is InChI=1S/C15H20N4OS/c1-10-7-16-15(17-10)12-4-3-5-19(8-12)14(20)6-13-9-21-11(2)18-13/h7,9,12H,3-6,8H2,1-2H3,(H,16,17)/t12-/m0/s1. The lowest BCUT2D eigenvalue weighted by molar-refractivity contribution is -0.131. The quantitative estimate of drug-likeness (QED) is 0.947. The van der Waals surface area contributed by atoms with Crippen LogP contribution in [0.2, 0.25) is 0 Å². The maximum Gasteiger partial charge on any atom is 0.228 e. The number of hydrogen-bond donors (Lipinski definition) is 1. The number of imidazole rings is 1. The van der Waals surface area contributed by atoms with Crippen LogP contribution in [0.25, 0.3) is 0 Å². The van der Waals surface area contributed by atoms with Gasteiger partial charge in [-0.1, -0.05) is 0 Å². The summed E-state index contributed by atoms with van der Waals surface area (Å²) in [6.07, 6.45) is 4.39. The molecule has 0 spiro atoms.